The van der Waals surface area contributed by atoms with Crippen LogP contribution in [0.1, 0.15) is 71.0 Å². The largest absolute Gasteiger partial charge is 0.349 e. The molecule has 6 rings (SSSR count). The highest BCUT2D eigenvalue weighted by Gasteiger charge is 2.46. The van der Waals surface area contributed by atoms with Gasteiger partial charge in [0.25, 0.3) is 11.8 Å². The third kappa shape index (κ3) is 4.43. The van der Waals surface area contributed by atoms with Gasteiger partial charge in [0.1, 0.15) is 6.04 Å². The van der Waals surface area contributed by atoms with Crippen molar-refractivity contribution in [2.75, 3.05) is 0 Å². The molecule has 37 heavy (non-hydrogen) atoms. The summed E-state index contributed by atoms with van der Waals surface area (Å²) in [6, 6.07) is 8.98. The summed E-state index contributed by atoms with van der Waals surface area (Å²) in [4.78, 5) is 56.7. The number of amides is 4. The number of hydrogen-bond donors (Lipinski definition) is 2. The summed E-state index contributed by atoms with van der Waals surface area (Å²) in [7, 11) is 0. The SMILES string of the molecule is C[C@@H]1C2CCC1C(NC(=O)c1ccc(CSc3cccc4c3CN(C3CCC(=O)NC3=O)C4=O)nc1)C2. The highest BCUT2D eigenvalue weighted by molar-refractivity contribution is 7.98. The molecule has 4 unspecified atom stereocenters. The number of piperidine rings is 1. The van der Waals surface area contributed by atoms with Crippen LogP contribution in [0.2, 0.25) is 0 Å². The van der Waals surface area contributed by atoms with Gasteiger partial charge in [-0.1, -0.05) is 13.0 Å². The van der Waals surface area contributed by atoms with E-state index in [4.69, 9.17) is 0 Å². The molecule has 4 amide bonds. The molecule has 8 nitrogen and oxygen atoms in total. The highest BCUT2D eigenvalue weighted by atomic mass is 32.2. The minimum atomic E-state index is -0.626. The second kappa shape index (κ2) is 9.59. The van der Waals surface area contributed by atoms with Crippen molar-refractivity contribution in [2.45, 2.75) is 68.3 Å². The first kappa shape index (κ1) is 24.2. The topological polar surface area (TPSA) is 108 Å². The molecule has 3 fully saturated rings. The van der Waals surface area contributed by atoms with E-state index in [1.165, 1.54) is 12.8 Å². The number of carbonyl (C=O) groups excluding carboxylic acids is 4. The molecule has 1 aromatic carbocycles. The summed E-state index contributed by atoms with van der Waals surface area (Å²) in [6.45, 7) is 2.66. The quantitative estimate of drug-likeness (QED) is 0.449. The van der Waals surface area contributed by atoms with Crippen LogP contribution in [0.4, 0.5) is 0 Å². The predicted octanol–water partition coefficient (Wildman–Crippen LogP) is 3.30. The Hall–Kier alpha value is -3.20. The molecule has 1 aromatic heterocycles. The Morgan fingerprint density at radius 2 is 2.03 bits per heavy atom. The Morgan fingerprint density at radius 3 is 2.73 bits per heavy atom. The first-order valence-corrected chi connectivity index (χ1v) is 14.0. The Kier molecular flexibility index (Phi) is 6.26. The third-order valence-corrected chi connectivity index (χ3v) is 9.81. The smallest absolute Gasteiger partial charge is 0.255 e. The summed E-state index contributed by atoms with van der Waals surface area (Å²) in [5, 5.41) is 5.58. The van der Waals surface area contributed by atoms with E-state index in [2.05, 4.69) is 22.5 Å². The van der Waals surface area contributed by atoms with Gasteiger partial charge < -0.3 is 10.2 Å². The molecule has 3 heterocycles. The number of carbonyl (C=O) groups is 4. The fraction of sp³-hybridized carbons (Fsp3) is 0.464. The van der Waals surface area contributed by atoms with Crippen molar-refractivity contribution in [3.63, 3.8) is 0 Å². The van der Waals surface area contributed by atoms with Crippen LogP contribution in [-0.4, -0.2) is 45.6 Å². The third-order valence-electron chi connectivity index (χ3n) is 8.68. The molecule has 4 aliphatic rings. The van der Waals surface area contributed by atoms with Gasteiger partial charge in [0, 0.05) is 41.4 Å². The van der Waals surface area contributed by atoms with E-state index in [1.807, 2.05) is 24.3 Å². The molecule has 2 aliphatic carbocycles. The summed E-state index contributed by atoms with van der Waals surface area (Å²) < 4.78 is 0. The Bertz CT molecular complexity index is 1280. The molecular formula is C28H30N4O4S. The lowest BCUT2D eigenvalue weighted by molar-refractivity contribution is -0.136. The van der Waals surface area contributed by atoms with Gasteiger partial charge in [-0.25, -0.2) is 0 Å². The number of benzene rings is 1. The molecular weight excluding hydrogens is 488 g/mol. The molecule has 2 N–H and O–H groups in total. The summed E-state index contributed by atoms with van der Waals surface area (Å²) >= 11 is 1.58. The number of aromatic nitrogens is 1. The molecule has 0 radical (unpaired) electrons. The van der Waals surface area contributed by atoms with Gasteiger partial charge in [-0.3, -0.25) is 29.5 Å². The maximum absolute atomic E-state index is 13.0. The van der Waals surface area contributed by atoms with Crippen molar-refractivity contribution in [3.8, 4) is 0 Å². The van der Waals surface area contributed by atoms with Gasteiger partial charge in [0.15, 0.2) is 0 Å². The second-order valence-electron chi connectivity index (χ2n) is 10.7. The number of imide groups is 1. The molecule has 192 valence electrons. The number of thioether (sulfide) groups is 1. The van der Waals surface area contributed by atoms with Gasteiger partial charge in [0.05, 0.1) is 11.3 Å². The van der Waals surface area contributed by atoms with Gasteiger partial charge in [-0.05, 0) is 73.3 Å². The summed E-state index contributed by atoms with van der Waals surface area (Å²) in [5.74, 6) is 1.71. The summed E-state index contributed by atoms with van der Waals surface area (Å²) in [6.07, 6.45) is 5.82. The molecule has 9 heteroatoms. The zero-order valence-corrected chi connectivity index (χ0v) is 21.6. The number of hydrogen-bond acceptors (Lipinski definition) is 6. The lowest BCUT2D eigenvalue weighted by Gasteiger charge is -2.29. The van der Waals surface area contributed by atoms with E-state index in [0.29, 0.717) is 41.7 Å². The Labute approximate surface area is 220 Å². The average Bonchev–Trinajstić information content (AvgIpc) is 3.52. The second-order valence-corrected chi connectivity index (χ2v) is 11.7. The lowest BCUT2D eigenvalue weighted by Crippen LogP contribution is -2.52. The maximum atomic E-state index is 13.0. The number of rotatable bonds is 6. The minimum absolute atomic E-state index is 0.0515. The van der Waals surface area contributed by atoms with Crippen LogP contribution >= 0.6 is 11.8 Å². The zero-order chi connectivity index (χ0) is 25.7. The Balaban J connectivity index is 1.08. The van der Waals surface area contributed by atoms with Crippen LogP contribution < -0.4 is 10.6 Å². The van der Waals surface area contributed by atoms with E-state index in [9.17, 15) is 19.2 Å². The van der Waals surface area contributed by atoms with Crippen LogP contribution in [-0.2, 0) is 21.9 Å². The fourth-order valence-corrected chi connectivity index (χ4v) is 7.59. The van der Waals surface area contributed by atoms with E-state index < -0.39 is 11.9 Å². The van der Waals surface area contributed by atoms with E-state index in [-0.39, 0.29) is 30.2 Å². The highest BCUT2D eigenvalue weighted by Crippen LogP contribution is 2.49. The van der Waals surface area contributed by atoms with Crippen molar-refractivity contribution in [3.05, 3.63) is 58.9 Å². The zero-order valence-electron chi connectivity index (χ0n) is 20.7. The van der Waals surface area contributed by atoms with Crippen molar-refractivity contribution in [2.24, 2.45) is 17.8 Å². The van der Waals surface area contributed by atoms with Gasteiger partial charge in [-0.2, -0.15) is 0 Å². The predicted molar refractivity (Wildman–Crippen MR) is 138 cm³/mol. The fourth-order valence-electron chi connectivity index (χ4n) is 6.59. The van der Waals surface area contributed by atoms with Crippen molar-refractivity contribution < 1.29 is 19.2 Å². The average molecular weight is 519 g/mol. The van der Waals surface area contributed by atoms with Crippen molar-refractivity contribution in [1.29, 1.82) is 0 Å². The van der Waals surface area contributed by atoms with E-state index in [0.717, 1.165) is 28.5 Å². The number of nitrogens with one attached hydrogen (secondary N) is 2. The van der Waals surface area contributed by atoms with Gasteiger partial charge >= 0.3 is 0 Å². The standard InChI is InChI=1S/C28H30N4O4S/c1-15-16-6-8-19(15)22(11-16)30-26(34)17-5-7-18(29-12-17)14-37-24-4-2-3-20-21(24)13-32(28(20)36)23-9-10-25(33)31-27(23)35/h2-5,7,12,15-16,19,22-23H,6,8-11,13-14H2,1H3,(H,30,34)(H,31,33,35)/t15-,16?,19?,22?,23?/m1/s1. The van der Waals surface area contributed by atoms with Crippen LogP contribution in [0.15, 0.2) is 41.4 Å². The molecule has 2 aromatic rings. The summed E-state index contributed by atoms with van der Waals surface area (Å²) in [5.41, 5.74) is 2.93. The van der Waals surface area contributed by atoms with Crippen LogP contribution in [0.3, 0.4) is 0 Å². The monoisotopic (exact) mass is 518 g/mol. The van der Waals surface area contributed by atoms with Crippen LogP contribution in [0.25, 0.3) is 0 Å². The van der Waals surface area contributed by atoms with Gasteiger partial charge in [0.2, 0.25) is 11.8 Å². The number of fused-ring (bicyclic) bond motifs is 3. The normalized spacial score (nSPS) is 28.4. The molecule has 2 saturated carbocycles. The first-order valence-electron chi connectivity index (χ1n) is 13.0. The molecule has 1 saturated heterocycles. The Morgan fingerprint density at radius 1 is 1.16 bits per heavy atom. The molecule has 0 spiro atoms. The number of pyridine rings is 1. The molecule has 2 aliphatic heterocycles. The van der Waals surface area contributed by atoms with Crippen LogP contribution in [0, 0.1) is 17.8 Å². The van der Waals surface area contributed by atoms with E-state index >= 15 is 0 Å². The van der Waals surface area contributed by atoms with Gasteiger partial charge in [-0.15, -0.1) is 11.8 Å². The lowest BCUT2D eigenvalue weighted by atomic mass is 9.94. The number of nitrogens with zero attached hydrogens (tertiary/aromatic N) is 2. The first-order chi connectivity index (χ1) is 17.9. The van der Waals surface area contributed by atoms with Crippen molar-refractivity contribution >= 4 is 35.4 Å². The van der Waals surface area contributed by atoms with E-state index in [1.54, 1.807) is 28.9 Å². The van der Waals surface area contributed by atoms with Crippen LogP contribution in [0.5, 0.6) is 0 Å². The maximum Gasteiger partial charge on any atom is 0.255 e. The minimum Gasteiger partial charge on any atom is -0.349 e. The molecule has 5 atom stereocenters. The van der Waals surface area contributed by atoms with Crippen molar-refractivity contribution in [1.82, 2.24) is 20.5 Å². The molecule has 2 bridgehead atoms.